The van der Waals surface area contributed by atoms with Crippen LogP contribution in [-0.4, -0.2) is 39.0 Å². The second kappa shape index (κ2) is 15.7. The molecule has 2 aromatic rings. The summed E-state index contributed by atoms with van der Waals surface area (Å²) in [7, 11) is -0.975. The van der Waals surface area contributed by atoms with Gasteiger partial charge in [0.25, 0.3) is 0 Å². The third-order valence-corrected chi connectivity index (χ3v) is 8.13. The van der Waals surface area contributed by atoms with Crippen LogP contribution in [0.4, 0.5) is 0 Å². The molecule has 0 bridgehead atoms. The van der Waals surface area contributed by atoms with E-state index in [0.717, 1.165) is 5.56 Å². The van der Waals surface area contributed by atoms with Crippen molar-refractivity contribution < 1.29 is 32.7 Å². The Morgan fingerprint density at radius 1 is 0.848 bits per heavy atom. The standard InChI is InChI=1S/C19H32N3P.C8H8O.Zr.H2/c1-14(2)21(15(3)4)23(22(16(5)6)17(7)8)19(20)18-12-10-9-11-13-18;1-7(9)8-5-3-2-4-6-8;;/h9-12,14-17H,1-8H3;2-6,9H,1H2;;1H/q-1;;+2;/p-1. The molecule has 4 nitrogen and oxygen atoms in total. The maximum Gasteiger partial charge on any atom is 2.00 e. The molecule has 0 aliphatic carbocycles. The molecule has 6 heteroatoms. The second-order valence-corrected chi connectivity index (χ2v) is 10.7. The molecule has 0 aliphatic heterocycles. The average Bonchev–Trinajstić information content (AvgIpc) is 2.73. The number of hydrogen-bond donors (Lipinski definition) is 0. The minimum Gasteiger partial charge on any atom is -0.872 e. The Labute approximate surface area is 224 Å². The van der Waals surface area contributed by atoms with Gasteiger partial charge in [0.1, 0.15) is 0 Å². The number of nitrogens with zero attached hydrogens (tertiary/aromatic N) is 3. The molecule has 0 amide bonds. The van der Waals surface area contributed by atoms with Crippen LogP contribution >= 0.6 is 8.22 Å². The molecule has 0 aliphatic rings. The number of rotatable bonds is 9. The first-order valence-corrected chi connectivity index (χ1v) is 12.5. The zero-order valence-corrected chi connectivity index (χ0v) is 24.8. The van der Waals surface area contributed by atoms with Crippen molar-refractivity contribution in [1.82, 2.24) is 9.34 Å². The van der Waals surface area contributed by atoms with Crippen molar-refractivity contribution in [2.24, 2.45) is 0 Å². The van der Waals surface area contributed by atoms with Gasteiger partial charge in [0.2, 0.25) is 0 Å². The van der Waals surface area contributed by atoms with Crippen LogP contribution in [0.15, 0.2) is 61.2 Å². The van der Waals surface area contributed by atoms with Crippen molar-refractivity contribution in [2.75, 3.05) is 0 Å². The first-order valence-electron chi connectivity index (χ1n) is 11.3. The fraction of sp³-hybridized carbons (Fsp3) is 0.444. The van der Waals surface area contributed by atoms with Crippen LogP contribution in [0.25, 0.3) is 11.2 Å². The van der Waals surface area contributed by atoms with E-state index in [1.54, 1.807) is 12.1 Å². The monoisotopic (exact) mass is 544 g/mol. The fourth-order valence-electron chi connectivity index (χ4n) is 3.67. The zero-order valence-electron chi connectivity index (χ0n) is 21.4. The average molecular weight is 546 g/mol. The summed E-state index contributed by atoms with van der Waals surface area (Å²) in [5.74, 6) is -0.129. The molecule has 0 aromatic heterocycles. The van der Waals surface area contributed by atoms with Crippen molar-refractivity contribution in [3.63, 3.8) is 0 Å². The normalized spacial score (nSPS) is 11.2. The maximum absolute atomic E-state index is 11.1. The van der Waals surface area contributed by atoms with E-state index in [4.69, 9.17) is 0 Å². The Balaban J connectivity index is 0. The van der Waals surface area contributed by atoms with Gasteiger partial charge in [-0.3, -0.25) is 9.34 Å². The van der Waals surface area contributed by atoms with Gasteiger partial charge in [-0.2, -0.15) is 0 Å². The summed E-state index contributed by atoms with van der Waals surface area (Å²) in [5.41, 5.74) is 1.92. The fourth-order valence-corrected chi connectivity index (χ4v) is 6.45. The van der Waals surface area contributed by atoms with Gasteiger partial charge in [-0.1, -0.05) is 54.6 Å². The summed E-state index contributed by atoms with van der Waals surface area (Å²) >= 11 is 0. The Morgan fingerprint density at radius 2 is 1.27 bits per heavy atom. The molecule has 0 saturated carbocycles. The molecule has 0 saturated heterocycles. The summed E-state index contributed by atoms with van der Waals surface area (Å²) in [6, 6.07) is 21.3. The Kier molecular flexibility index (Phi) is 15.2. The SMILES string of the molecule is C=C([O-])c1ccccc1.CC(C)N(C(C)C)P(C(=[N-])c1[c]cccc1)N(C(C)C)C(C)C.[HH].[Zr+2]. The predicted octanol–water partition coefficient (Wildman–Crippen LogP) is 6.61. The van der Waals surface area contributed by atoms with Crippen molar-refractivity contribution in [3.8, 4) is 0 Å². The largest absolute Gasteiger partial charge is 2.00 e. The van der Waals surface area contributed by atoms with Gasteiger partial charge >= 0.3 is 26.2 Å². The van der Waals surface area contributed by atoms with E-state index in [2.05, 4.69) is 77.4 Å². The van der Waals surface area contributed by atoms with Crippen molar-refractivity contribution in [1.29, 1.82) is 0 Å². The first kappa shape index (κ1) is 31.9. The van der Waals surface area contributed by atoms with E-state index in [0.29, 0.717) is 35.2 Å². The van der Waals surface area contributed by atoms with Crippen LogP contribution in [0.3, 0.4) is 0 Å². The maximum atomic E-state index is 11.1. The third kappa shape index (κ3) is 9.95. The Bertz CT molecular complexity index is 796. The first-order chi connectivity index (χ1) is 15.0. The number of benzene rings is 2. The molecule has 0 atom stereocenters. The summed E-state index contributed by atoms with van der Waals surface area (Å²) < 4.78 is 4.87. The van der Waals surface area contributed by atoms with E-state index in [-0.39, 0.29) is 33.4 Å². The minimum absolute atomic E-state index is 0. The van der Waals surface area contributed by atoms with Gasteiger partial charge in [0.05, 0.1) is 0 Å². The zero-order chi connectivity index (χ0) is 24.4. The van der Waals surface area contributed by atoms with Crippen LogP contribution in [-0.2, 0) is 26.2 Å². The van der Waals surface area contributed by atoms with Crippen molar-refractivity contribution in [3.05, 3.63) is 83.8 Å². The van der Waals surface area contributed by atoms with E-state index in [9.17, 15) is 10.5 Å². The van der Waals surface area contributed by atoms with Gasteiger partial charge in [-0.25, -0.2) is 0 Å². The molecule has 0 N–H and O–H groups in total. The molecule has 0 fully saturated rings. The summed E-state index contributed by atoms with van der Waals surface area (Å²) in [6.07, 6.45) is 0. The van der Waals surface area contributed by atoms with Crippen LogP contribution < -0.4 is 5.11 Å². The Morgan fingerprint density at radius 3 is 1.58 bits per heavy atom. The third-order valence-electron chi connectivity index (χ3n) is 4.79. The molecule has 0 unspecified atom stereocenters. The van der Waals surface area contributed by atoms with Crippen LogP contribution in [0, 0.1) is 6.07 Å². The smallest absolute Gasteiger partial charge is 0.872 e. The second-order valence-electron chi connectivity index (χ2n) is 8.81. The molecular formula is C27H41N3OPZr. The summed E-state index contributed by atoms with van der Waals surface area (Å²) in [6.45, 7) is 20.9. The molecule has 1 radical (unpaired) electrons. The summed E-state index contributed by atoms with van der Waals surface area (Å²) in [5, 5.41) is 21.7. The molecule has 0 spiro atoms. The molecule has 179 valence electrons. The van der Waals surface area contributed by atoms with Gasteiger partial charge in [0.15, 0.2) is 0 Å². The van der Waals surface area contributed by atoms with Crippen LogP contribution in [0.2, 0.25) is 0 Å². The van der Waals surface area contributed by atoms with Gasteiger partial charge in [-0.05, 0) is 72.6 Å². The molecule has 2 rings (SSSR count). The quantitative estimate of drug-likeness (QED) is 0.202. The Hall–Kier alpha value is -1.12. The topological polar surface area (TPSA) is 51.8 Å². The van der Waals surface area contributed by atoms with E-state index >= 15 is 0 Å². The molecule has 2 aromatic carbocycles. The summed E-state index contributed by atoms with van der Waals surface area (Å²) in [4.78, 5) is 0. The molecular weight excluding hydrogens is 505 g/mol. The van der Waals surface area contributed by atoms with Crippen molar-refractivity contribution in [2.45, 2.75) is 79.6 Å². The van der Waals surface area contributed by atoms with Gasteiger partial charge < -0.3 is 10.5 Å². The van der Waals surface area contributed by atoms with Gasteiger partial charge in [-0.15, -0.1) is 17.8 Å². The van der Waals surface area contributed by atoms with Crippen LogP contribution in [0.5, 0.6) is 0 Å². The van der Waals surface area contributed by atoms with Gasteiger partial charge in [0, 0.05) is 33.8 Å². The van der Waals surface area contributed by atoms with Crippen molar-refractivity contribution >= 4 is 19.4 Å². The molecule has 0 heterocycles. The van der Waals surface area contributed by atoms with E-state index in [1.807, 2.05) is 42.5 Å². The van der Waals surface area contributed by atoms with Crippen LogP contribution in [0.1, 0.15) is 67.9 Å². The number of hydrogen-bond acceptors (Lipinski definition) is 3. The van der Waals surface area contributed by atoms with E-state index in [1.165, 1.54) is 0 Å². The van der Waals surface area contributed by atoms with E-state index < -0.39 is 8.22 Å². The predicted molar refractivity (Wildman–Crippen MR) is 141 cm³/mol. The minimum atomic E-state index is -0.975. The molecule has 33 heavy (non-hydrogen) atoms.